The fourth-order valence-electron chi connectivity index (χ4n) is 1.78. The third-order valence-electron chi connectivity index (χ3n) is 2.87. The minimum Gasteiger partial charge on any atom is -0.392 e. The standard InChI is InChI=1S/C14H15NO/c1-10-3-4-12(7-13(10)9-16)14-8-15-6-5-11(14)2/h3-8,16H,9H2,1-2H3. The Morgan fingerprint density at radius 1 is 1.12 bits per heavy atom. The molecule has 0 aliphatic heterocycles. The van der Waals surface area contributed by atoms with E-state index in [1.165, 1.54) is 5.56 Å². The number of aromatic nitrogens is 1. The second-order valence-electron chi connectivity index (χ2n) is 3.99. The molecule has 16 heavy (non-hydrogen) atoms. The van der Waals surface area contributed by atoms with Crippen LogP contribution in [0.5, 0.6) is 0 Å². The lowest BCUT2D eigenvalue weighted by molar-refractivity contribution is 0.281. The maximum absolute atomic E-state index is 9.24. The molecule has 2 aromatic rings. The number of aryl methyl sites for hydroxylation is 2. The first-order valence-electron chi connectivity index (χ1n) is 5.33. The Morgan fingerprint density at radius 2 is 1.94 bits per heavy atom. The second kappa shape index (κ2) is 4.45. The molecule has 2 heteroatoms. The van der Waals surface area contributed by atoms with Gasteiger partial charge in [-0.3, -0.25) is 4.98 Å². The summed E-state index contributed by atoms with van der Waals surface area (Å²) in [6.45, 7) is 4.15. The highest BCUT2D eigenvalue weighted by Crippen LogP contribution is 2.24. The average Bonchev–Trinajstić information content (AvgIpc) is 2.31. The average molecular weight is 213 g/mol. The largest absolute Gasteiger partial charge is 0.392 e. The van der Waals surface area contributed by atoms with Gasteiger partial charge in [0, 0.05) is 18.0 Å². The van der Waals surface area contributed by atoms with E-state index in [2.05, 4.69) is 18.0 Å². The van der Waals surface area contributed by atoms with Crippen LogP contribution in [0.15, 0.2) is 36.7 Å². The van der Waals surface area contributed by atoms with Crippen LogP contribution in [0.25, 0.3) is 11.1 Å². The summed E-state index contributed by atoms with van der Waals surface area (Å²) in [7, 11) is 0. The molecule has 0 aliphatic carbocycles. The van der Waals surface area contributed by atoms with Gasteiger partial charge in [-0.05, 0) is 48.2 Å². The molecule has 0 radical (unpaired) electrons. The normalized spacial score (nSPS) is 10.4. The zero-order chi connectivity index (χ0) is 11.5. The number of pyridine rings is 1. The summed E-state index contributed by atoms with van der Waals surface area (Å²) in [5.74, 6) is 0. The Balaban J connectivity index is 2.53. The van der Waals surface area contributed by atoms with Crippen molar-refractivity contribution in [1.29, 1.82) is 0 Å². The second-order valence-corrected chi connectivity index (χ2v) is 3.99. The van der Waals surface area contributed by atoms with E-state index in [0.717, 1.165) is 22.3 Å². The first-order chi connectivity index (χ1) is 7.72. The molecule has 0 saturated heterocycles. The Hall–Kier alpha value is -1.67. The molecule has 82 valence electrons. The summed E-state index contributed by atoms with van der Waals surface area (Å²) in [4.78, 5) is 4.14. The van der Waals surface area contributed by atoms with E-state index in [9.17, 15) is 5.11 Å². The third kappa shape index (κ3) is 1.97. The summed E-state index contributed by atoms with van der Waals surface area (Å²) in [6.07, 6.45) is 3.65. The van der Waals surface area contributed by atoms with Crippen LogP contribution in [0, 0.1) is 13.8 Å². The van der Waals surface area contributed by atoms with Crippen LogP contribution in [0.1, 0.15) is 16.7 Å². The van der Waals surface area contributed by atoms with Crippen LogP contribution in [0.2, 0.25) is 0 Å². The van der Waals surface area contributed by atoms with Crippen molar-refractivity contribution < 1.29 is 5.11 Å². The van der Waals surface area contributed by atoms with Crippen molar-refractivity contribution in [3.63, 3.8) is 0 Å². The molecule has 0 atom stereocenters. The SMILES string of the molecule is Cc1ccc(-c2cnccc2C)cc1CO. The molecule has 0 aliphatic rings. The van der Waals surface area contributed by atoms with Crippen LogP contribution in [0.3, 0.4) is 0 Å². The van der Waals surface area contributed by atoms with Crippen molar-refractivity contribution in [1.82, 2.24) is 4.98 Å². The van der Waals surface area contributed by atoms with Gasteiger partial charge in [0.1, 0.15) is 0 Å². The third-order valence-corrected chi connectivity index (χ3v) is 2.87. The summed E-state index contributed by atoms with van der Waals surface area (Å²) < 4.78 is 0. The molecule has 1 aromatic heterocycles. The first-order valence-corrected chi connectivity index (χ1v) is 5.33. The summed E-state index contributed by atoms with van der Waals surface area (Å²) in [5, 5.41) is 9.24. The smallest absolute Gasteiger partial charge is 0.0684 e. The topological polar surface area (TPSA) is 33.1 Å². The molecule has 0 saturated carbocycles. The highest BCUT2D eigenvalue weighted by molar-refractivity contribution is 5.67. The minimum absolute atomic E-state index is 0.0823. The maximum atomic E-state index is 9.24. The van der Waals surface area contributed by atoms with Gasteiger partial charge in [0.05, 0.1) is 6.61 Å². The number of nitrogens with zero attached hydrogens (tertiary/aromatic N) is 1. The molecule has 0 bridgehead atoms. The van der Waals surface area contributed by atoms with Gasteiger partial charge in [-0.15, -0.1) is 0 Å². The van der Waals surface area contributed by atoms with E-state index in [1.807, 2.05) is 31.3 Å². The van der Waals surface area contributed by atoms with Crippen molar-refractivity contribution in [3.05, 3.63) is 53.3 Å². The van der Waals surface area contributed by atoms with Crippen LogP contribution >= 0.6 is 0 Å². The molecule has 0 spiro atoms. The molecule has 2 rings (SSSR count). The van der Waals surface area contributed by atoms with Crippen LogP contribution in [-0.2, 0) is 6.61 Å². The minimum atomic E-state index is 0.0823. The zero-order valence-corrected chi connectivity index (χ0v) is 9.57. The van der Waals surface area contributed by atoms with Gasteiger partial charge in [0.2, 0.25) is 0 Å². The first kappa shape index (κ1) is 10.8. The number of aliphatic hydroxyl groups excluding tert-OH is 1. The monoisotopic (exact) mass is 213 g/mol. The van der Waals surface area contributed by atoms with Gasteiger partial charge in [-0.1, -0.05) is 12.1 Å². The van der Waals surface area contributed by atoms with Crippen LogP contribution in [0.4, 0.5) is 0 Å². The van der Waals surface area contributed by atoms with Crippen molar-refractivity contribution in [2.24, 2.45) is 0 Å². The highest BCUT2D eigenvalue weighted by atomic mass is 16.3. The number of rotatable bonds is 2. The molecule has 1 aromatic carbocycles. The predicted octanol–water partition coefficient (Wildman–Crippen LogP) is 2.86. The number of hydrogen-bond acceptors (Lipinski definition) is 2. The molecule has 0 fully saturated rings. The Kier molecular flexibility index (Phi) is 3.02. The molecule has 0 unspecified atom stereocenters. The van der Waals surface area contributed by atoms with Crippen LogP contribution < -0.4 is 0 Å². The number of hydrogen-bond donors (Lipinski definition) is 1. The van der Waals surface area contributed by atoms with Gasteiger partial charge in [-0.25, -0.2) is 0 Å². The lowest BCUT2D eigenvalue weighted by Gasteiger charge is -2.08. The molecule has 1 N–H and O–H groups in total. The van der Waals surface area contributed by atoms with E-state index in [-0.39, 0.29) is 6.61 Å². The van der Waals surface area contributed by atoms with E-state index in [4.69, 9.17) is 0 Å². The zero-order valence-electron chi connectivity index (χ0n) is 9.57. The fourth-order valence-corrected chi connectivity index (χ4v) is 1.78. The Labute approximate surface area is 95.6 Å². The number of benzene rings is 1. The molecular formula is C14H15NO. The van der Waals surface area contributed by atoms with Crippen molar-refractivity contribution in [2.75, 3.05) is 0 Å². The molecular weight excluding hydrogens is 198 g/mol. The van der Waals surface area contributed by atoms with E-state index in [1.54, 1.807) is 6.20 Å². The summed E-state index contributed by atoms with van der Waals surface area (Å²) in [6, 6.07) is 8.12. The lowest BCUT2D eigenvalue weighted by atomic mass is 9.98. The van der Waals surface area contributed by atoms with Gasteiger partial charge in [0.15, 0.2) is 0 Å². The lowest BCUT2D eigenvalue weighted by Crippen LogP contribution is -1.91. The van der Waals surface area contributed by atoms with Gasteiger partial charge < -0.3 is 5.11 Å². The maximum Gasteiger partial charge on any atom is 0.0684 e. The van der Waals surface area contributed by atoms with Gasteiger partial charge >= 0.3 is 0 Å². The van der Waals surface area contributed by atoms with E-state index < -0.39 is 0 Å². The molecule has 2 nitrogen and oxygen atoms in total. The highest BCUT2D eigenvalue weighted by Gasteiger charge is 2.04. The Morgan fingerprint density at radius 3 is 2.62 bits per heavy atom. The van der Waals surface area contributed by atoms with E-state index in [0.29, 0.717) is 0 Å². The van der Waals surface area contributed by atoms with Gasteiger partial charge in [0.25, 0.3) is 0 Å². The number of aliphatic hydroxyl groups is 1. The Bertz CT molecular complexity index is 506. The molecule has 1 heterocycles. The van der Waals surface area contributed by atoms with Crippen molar-refractivity contribution in [3.8, 4) is 11.1 Å². The molecule has 0 amide bonds. The van der Waals surface area contributed by atoms with Gasteiger partial charge in [-0.2, -0.15) is 0 Å². The summed E-state index contributed by atoms with van der Waals surface area (Å²) in [5.41, 5.74) is 5.52. The quantitative estimate of drug-likeness (QED) is 0.832. The predicted molar refractivity (Wildman–Crippen MR) is 65.1 cm³/mol. The van der Waals surface area contributed by atoms with Crippen molar-refractivity contribution >= 4 is 0 Å². The summed E-state index contributed by atoms with van der Waals surface area (Å²) >= 11 is 0. The van der Waals surface area contributed by atoms with E-state index >= 15 is 0 Å². The van der Waals surface area contributed by atoms with Crippen LogP contribution in [-0.4, -0.2) is 10.1 Å². The fraction of sp³-hybridized carbons (Fsp3) is 0.214. The van der Waals surface area contributed by atoms with Crippen molar-refractivity contribution in [2.45, 2.75) is 20.5 Å².